The fourth-order valence-electron chi connectivity index (χ4n) is 2.04. The monoisotopic (exact) mass is 236 g/mol. The summed E-state index contributed by atoms with van der Waals surface area (Å²) in [5.41, 5.74) is 1.81. The number of aryl methyl sites for hydroxylation is 1. The van der Waals surface area contributed by atoms with Crippen LogP contribution in [-0.4, -0.2) is 24.2 Å². The third-order valence-corrected chi connectivity index (χ3v) is 2.80. The zero-order valence-corrected chi connectivity index (χ0v) is 9.81. The van der Waals surface area contributed by atoms with Crippen LogP contribution in [0.1, 0.15) is 18.4 Å². The molecule has 0 amide bonds. The number of rotatable bonds is 3. The first-order valence-electron chi connectivity index (χ1n) is 5.75. The van der Waals surface area contributed by atoms with Crippen LogP contribution in [0, 0.1) is 17.0 Å². The van der Waals surface area contributed by atoms with Crippen molar-refractivity contribution in [1.82, 2.24) is 0 Å². The van der Waals surface area contributed by atoms with Gasteiger partial charge in [0.15, 0.2) is 0 Å². The number of ether oxygens (including phenoxy) is 1. The van der Waals surface area contributed by atoms with Crippen molar-refractivity contribution in [2.24, 2.45) is 0 Å². The van der Waals surface area contributed by atoms with Crippen molar-refractivity contribution in [2.75, 3.05) is 18.5 Å². The van der Waals surface area contributed by atoms with E-state index in [0.717, 1.165) is 30.7 Å². The fourth-order valence-corrected chi connectivity index (χ4v) is 2.04. The Hall–Kier alpha value is -1.62. The first-order chi connectivity index (χ1) is 8.15. The lowest BCUT2D eigenvalue weighted by atomic mass is 10.1. The van der Waals surface area contributed by atoms with Gasteiger partial charge in [0, 0.05) is 30.5 Å². The maximum absolute atomic E-state index is 10.8. The van der Waals surface area contributed by atoms with E-state index in [2.05, 4.69) is 5.32 Å². The van der Waals surface area contributed by atoms with E-state index in [1.54, 1.807) is 12.1 Å². The SMILES string of the molecule is Cc1cc(NC2CCCOC2)cc([N+](=O)[O-])c1. The molecule has 1 aromatic rings. The molecule has 5 heteroatoms. The van der Waals surface area contributed by atoms with Gasteiger partial charge >= 0.3 is 0 Å². The number of nitrogens with one attached hydrogen (secondary N) is 1. The van der Waals surface area contributed by atoms with Crippen LogP contribution < -0.4 is 5.32 Å². The molecule has 0 spiro atoms. The number of nitrogens with zero attached hydrogens (tertiary/aromatic N) is 1. The largest absolute Gasteiger partial charge is 0.380 e. The minimum atomic E-state index is -0.366. The summed E-state index contributed by atoms with van der Waals surface area (Å²) in [6, 6.07) is 5.32. The maximum Gasteiger partial charge on any atom is 0.271 e. The van der Waals surface area contributed by atoms with Crippen molar-refractivity contribution >= 4 is 11.4 Å². The summed E-state index contributed by atoms with van der Waals surface area (Å²) in [6.07, 6.45) is 2.08. The highest BCUT2D eigenvalue weighted by Crippen LogP contribution is 2.22. The molecule has 92 valence electrons. The molecule has 0 aliphatic carbocycles. The van der Waals surface area contributed by atoms with Gasteiger partial charge in [0.1, 0.15) is 0 Å². The number of nitro groups is 1. The van der Waals surface area contributed by atoms with Gasteiger partial charge in [-0.1, -0.05) is 0 Å². The molecule has 17 heavy (non-hydrogen) atoms. The smallest absolute Gasteiger partial charge is 0.271 e. The molecular formula is C12H16N2O3. The third-order valence-electron chi connectivity index (χ3n) is 2.80. The number of hydrogen-bond donors (Lipinski definition) is 1. The van der Waals surface area contributed by atoms with Crippen molar-refractivity contribution in [1.29, 1.82) is 0 Å². The number of anilines is 1. The van der Waals surface area contributed by atoms with E-state index in [4.69, 9.17) is 4.74 Å². The van der Waals surface area contributed by atoms with Gasteiger partial charge < -0.3 is 10.1 Å². The molecule has 1 unspecified atom stereocenters. The molecule has 1 fully saturated rings. The molecule has 1 heterocycles. The Morgan fingerprint density at radius 1 is 1.47 bits per heavy atom. The highest BCUT2D eigenvalue weighted by molar-refractivity contribution is 5.54. The van der Waals surface area contributed by atoms with E-state index >= 15 is 0 Å². The van der Waals surface area contributed by atoms with Crippen molar-refractivity contribution in [2.45, 2.75) is 25.8 Å². The molecule has 0 saturated carbocycles. The van der Waals surface area contributed by atoms with E-state index in [0.29, 0.717) is 6.61 Å². The van der Waals surface area contributed by atoms with Gasteiger partial charge in [0.05, 0.1) is 11.5 Å². The van der Waals surface area contributed by atoms with Crippen LogP contribution >= 0.6 is 0 Å². The fraction of sp³-hybridized carbons (Fsp3) is 0.500. The second-order valence-electron chi connectivity index (χ2n) is 4.37. The normalized spacial score (nSPS) is 19.9. The summed E-state index contributed by atoms with van der Waals surface area (Å²) in [6.45, 7) is 3.34. The predicted molar refractivity (Wildman–Crippen MR) is 65.3 cm³/mol. The van der Waals surface area contributed by atoms with Crippen LogP contribution in [-0.2, 0) is 4.74 Å². The lowest BCUT2D eigenvalue weighted by molar-refractivity contribution is -0.384. The topological polar surface area (TPSA) is 64.4 Å². The summed E-state index contributed by atoms with van der Waals surface area (Å²) >= 11 is 0. The van der Waals surface area contributed by atoms with Crippen molar-refractivity contribution in [3.63, 3.8) is 0 Å². The number of benzene rings is 1. The zero-order valence-electron chi connectivity index (χ0n) is 9.81. The van der Waals surface area contributed by atoms with Crippen LogP contribution in [0.4, 0.5) is 11.4 Å². The zero-order chi connectivity index (χ0) is 12.3. The Morgan fingerprint density at radius 2 is 2.29 bits per heavy atom. The number of nitro benzene ring substituents is 1. The molecular weight excluding hydrogens is 220 g/mol. The molecule has 1 N–H and O–H groups in total. The molecule has 1 atom stereocenters. The maximum atomic E-state index is 10.8. The van der Waals surface area contributed by atoms with Gasteiger partial charge in [-0.25, -0.2) is 0 Å². The first-order valence-corrected chi connectivity index (χ1v) is 5.75. The third kappa shape index (κ3) is 3.17. The van der Waals surface area contributed by atoms with E-state index in [9.17, 15) is 10.1 Å². The Morgan fingerprint density at radius 3 is 2.94 bits per heavy atom. The van der Waals surface area contributed by atoms with Gasteiger partial charge in [-0.2, -0.15) is 0 Å². The molecule has 1 aliphatic heterocycles. The lowest BCUT2D eigenvalue weighted by Crippen LogP contribution is -2.29. The Labute approximate surface area is 99.9 Å². The molecule has 1 aromatic carbocycles. The second-order valence-corrected chi connectivity index (χ2v) is 4.37. The molecule has 1 saturated heterocycles. The summed E-state index contributed by atoms with van der Waals surface area (Å²) in [5, 5.41) is 14.0. The van der Waals surface area contributed by atoms with Crippen LogP contribution in [0.25, 0.3) is 0 Å². The summed E-state index contributed by atoms with van der Waals surface area (Å²) in [4.78, 5) is 10.4. The average molecular weight is 236 g/mol. The Bertz CT molecular complexity index is 414. The van der Waals surface area contributed by atoms with Crippen LogP contribution in [0.2, 0.25) is 0 Å². The minimum Gasteiger partial charge on any atom is -0.380 e. The van der Waals surface area contributed by atoms with Gasteiger partial charge in [0.2, 0.25) is 0 Å². The average Bonchev–Trinajstić information content (AvgIpc) is 2.29. The van der Waals surface area contributed by atoms with Gasteiger partial charge in [0.25, 0.3) is 5.69 Å². The summed E-state index contributed by atoms with van der Waals surface area (Å²) in [7, 11) is 0. The van der Waals surface area contributed by atoms with Crippen molar-refractivity contribution in [3.05, 3.63) is 33.9 Å². The van der Waals surface area contributed by atoms with Crippen molar-refractivity contribution in [3.8, 4) is 0 Å². The van der Waals surface area contributed by atoms with Gasteiger partial charge in [-0.05, 0) is 31.4 Å². The summed E-state index contributed by atoms with van der Waals surface area (Å²) in [5.74, 6) is 0. The second kappa shape index (κ2) is 5.14. The molecule has 1 aliphatic rings. The molecule has 0 aromatic heterocycles. The lowest BCUT2D eigenvalue weighted by Gasteiger charge is -2.24. The van der Waals surface area contributed by atoms with E-state index in [1.807, 2.05) is 13.0 Å². The molecule has 0 bridgehead atoms. The van der Waals surface area contributed by atoms with Gasteiger partial charge in [-0.3, -0.25) is 10.1 Å². The number of non-ortho nitro benzene ring substituents is 1. The molecule has 0 radical (unpaired) electrons. The molecule has 2 rings (SSSR count). The Kier molecular flexibility index (Phi) is 3.58. The highest BCUT2D eigenvalue weighted by atomic mass is 16.6. The van der Waals surface area contributed by atoms with Gasteiger partial charge in [-0.15, -0.1) is 0 Å². The Balaban J connectivity index is 2.11. The van der Waals surface area contributed by atoms with E-state index in [-0.39, 0.29) is 16.7 Å². The quantitative estimate of drug-likeness (QED) is 0.647. The highest BCUT2D eigenvalue weighted by Gasteiger charge is 2.15. The molecule has 5 nitrogen and oxygen atoms in total. The van der Waals surface area contributed by atoms with Crippen LogP contribution in [0.5, 0.6) is 0 Å². The van der Waals surface area contributed by atoms with Crippen LogP contribution in [0.3, 0.4) is 0 Å². The van der Waals surface area contributed by atoms with E-state index in [1.165, 1.54) is 0 Å². The first kappa shape index (κ1) is 11.9. The predicted octanol–water partition coefficient (Wildman–Crippen LogP) is 2.49. The van der Waals surface area contributed by atoms with E-state index < -0.39 is 0 Å². The standard InChI is InChI=1S/C12H16N2O3/c1-9-5-11(7-12(6-9)14(15)16)13-10-3-2-4-17-8-10/h5-7,10,13H,2-4,8H2,1H3. The summed E-state index contributed by atoms with van der Waals surface area (Å²) < 4.78 is 5.37. The number of hydrogen-bond acceptors (Lipinski definition) is 4. The van der Waals surface area contributed by atoms with Crippen molar-refractivity contribution < 1.29 is 9.66 Å². The van der Waals surface area contributed by atoms with Crippen LogP contribution in [0.15, 0.2) is 18.2 Å². The minimum absolute atomic E-state index is 0.129.